The van der Waals surface area contributed by atoms with Crippen LogP contribution in [0.5, 0.6) is 5.75 Å². The van der Waals surface area contributed by atoms with Crippen molar-refractivity contribution in [3.63, 3.8) is 0 Å². The molecule has 0 bridgehead atoms. The van der Waals surface area contributed by atoms with Gasteiger partial charge < -0.3 is 29.3 Å². The Labute approximate surface area is 217 Å². The van der Waals surface area contributed by atoms with Crippen molar-refractivity contribution in [2.45, 2.75) is 43.4 Å². The van der Waals surface area contributed by atoms with E-state index in [9.17, 15) is 19.5 Å². The van der Waals surface area contributed by atoms with E-state index in [1.165, 1.54) is 0 Å². The van der Waals surface area contributed by atoms with Gasteiger partial charge in [-0.2, -0.15) is 0 Å². The van der Waals surface area contributed by atoms with Crippen molar-refractivity contribution in [3.05, 3.63) is 48.6 Å². The number of carbonyl (C=O) groups is 3. The highest BCUT2D eigenvalue weighted by molar-refractivity contribution is 6.06. The Morgan fingerprint density at radius 3 is 2.41 bits per heavy atom. The quantitative estimate of drug-likeness (QED) is 0.444. The molecule has 4 aliphatic rings. The molecule has 37 heavy (non-hydrogen) atoms. The van der Waals surface area contributed by atoms with E-state index >= 15 is 0 Å². The van der Waals surface area contributed by atoms with Crippen molar-refractivity contribution in [3.8, 4) is 5.75 Å². The van der Waals surface area contributed by atoms with Crippen LogP contribution in [-0.4, -0.2) is 90.3 Å². The molecule has 1 aromatic carbocycles. The lowest BCUT2D eigenvalue weighted by atomic mass is 9.74. The molecule has 1 spiro atoms. The molecule has 0 radical (unpaired) electrons. The van der Waals surface area contributed by atoms with Gasteiger partial charge in [0.1, 0.15) is 17.4 Å². The number of unbranched alkanes of at least 4 members (excludes halogenated alkanes) is 2. The zero-order chi connectivity index (χ0) is 26.4. The fourth-order valence-corrected chi connectivity index (χ4v) is 6.45. The summed E-state index contributed by atoms with van der Waals surface area (Å²) in [5.41, 5.74) is -1.58. The Kier molecular flexibility index (Phi) is 6.62. The zero-order valence-electron chi connectivity index (χ0n) is 21.6. The fraction of sp³-hybridized carbons (Fsp3) is 0.536. The van der Waals surface area contributed by atoms with Gasteiger partial charge in [0.15, 0.2) is 0 Å². The van der Waals surface area contributed by atoms with E-state index in [4.69, 9.17) is 9.47 Å². The average Bonchev–Trinajstić information content (AvgIpc) is 3.16. The summed E-state index contributed by atoms with van der Waals surface area (Å²) in [6.07, 6.45) is 9.50. The highest BCUT2D eigenvalue weighted by Gasteiger charge is 2.74. The SMILES string of the molecule is COc1ccc(N2CC=C[C@]34O[C@]5(C)C=CCN(C)C(=O)[C@@H]5[C@H]3C(=O)N(CCCCCO)C4C2=O)cc1. The molecular formula is C28H35N3O6. The molecule has 1 aromatic rings. The molecule has 0 saturated carbocycles. The van der Waals surface area contributed by atoms with E-state index in [1.54, 1.807) is 41.0 Å². The maximum absolute atomic E-state index is 14.3. The molecule has 198 valence electrons. The van der Waals surface area contributed by atoms with Crippen molar-refractivity contribution in [2.75, 3.05) is 45.3 Å². The number of rotatable bonds is 7. The standard InChI is InChI=1S/C28H35N3O6/c1-27-13-7-15-29(2)24(33)21(27)22-25(34)31(16-5-4-6-18-32)23-26(35)30(17-8-14-28(22,23)37-27)19-9-11-20(36-3)12-10-19/h7-14,21-23,32H,4-6,15-18H2,1-3H3/t21-,22-,23?,27+,28-/m0/s1. The lowest BCUT2D eigenvalue weighted by Crippen LogP contribution is -2.56. The van der Waals surface area contributed by atoms with Crippen LogP contribution < -0.4 is 9.64 Å². The summed E-state index contributed by atoms with van der Waals surface area (Å²) >= 11 is 0. The van der Waals surface area contributed by atoms with Crippen LogP contribution in [0.2, 0.25) is 0 Å². The molecule has 2 saturated heterocycles. The van der Waals surface area contributed by atoms with Gasteiger partial charge in [0.05, 0.1) is 24.5 Å². The Morgan fingerprint density at radius 2 is 1.70 bits per heavy atom. The lowest BCUT2D eigenvalue weighted by Gasteiger charge is -2.37. The summed E-state index contributed by atoms with van der Waals surface area (Å²) in [6, 6.07) is 6.34. The normalized spacial score (nSPS) is 32.8. The predicted octanol–water partition coefficient (Wildman–Crippen LogP) is 1.76. The van der Waals surface area contributed by atoms with E-state index in [-0.39, 0.29) is 24.3 Å². The van der Waals surface area contributed by atoms with Crippen LogP contribution in [0.1, 0.15) is 26.2 Å². The molecule has 0 aliphatic carbocycles. The monoisotopic (exact) mass is 509 g/mol. The highest BCUT2D eigenvalue weighted by Crippen LogP contribution is 2.57. The third-order valence-corrected chi connectivity index (χ3v) is 8.20. The molecular weight excluding hydrogens is 474 g/mol. The predicted molar refractivity (Wildman–Crippen MR) is 137 cm³/mol. The van der Waals surface area contributed by atoms with E-state index in [0.29, 0.717) is 43.9 Å². The first-order valence-electron chi connectivity index (χ1n) is 12.9. The number of carbonyl (C=O) groups excluding carboxylic acids is 3. The Balaban J connectivity index is 1.58. The minimum Gasteiger partial charge on any atom is -0.497 e. The largest absolute Gasteiger partial charge is 0.497 e. The Bertz CT molecular complexity index is 1130. The van der Waals surface area contributed by atoms with Crippen molar-refractivity contribution in [1.29, 1.82) is 0 Å². The number of ether oxygens (including phenoxy) is 2. The number of hydrogen-bond acceptors (Lipinski definition) is 6. The van der Waals surface area contributed by atoms with Gasteiger partial charge in [0.2, 0.25) is 11.8 Å². The fourth-order valence-electron chi connectivity index (χ4n) is 6.45. The Hall–Kier alpha value is -3.17. The van der Waals surface area contributed by atoms with Crippen LogP contribution in [0.4, 0.5) is 5.69 Å². The number of amides is 3. The van der Waals surface area contributed by atoms with Crippen molar-refractivity contribution in [2.24, 2.45) is 11.8 Å². The number of aliphatic hydroxyl groups is 1. The number of anilines is 1. The topological polar surface area (TPSA) is 99.6 Å². The van der Waals surface area contributed by atoms with Gasteiger partial charge >= 0.3 is 0 Å². The molecule has 3 amide bonds. The van der Waals surface area contributed by atoms with Gasteiger partial charge in [0, 0.05) is 39.0 Å². The number of aliphatic hydroxyl groups excluding tert-OH is 1. The van der Waals surface area contributed by atoms with Crippen LogP contribution in [0.3, 0.4) is 0 Å². The Morgan fingerprint density at radius 1 is 0.973 bits per heavy atom. The summed E-state index contributed by atoms with van der Waals surface area (Å²) in [4.78, 5) is 46.9. The molecule has 9 nitrogen and oxygen atoms in total. The van der Waals surface area contributed by atoms with Gasteiger partial charge in [-0.25, -0.2) is 0 Å². The van der Waals surface area contributed by atoms with Crippen molar-refractivity contribution < 1.29 is 29.0 Å². The minimum atomic E-state index is -1.26. The molecule has 4 aliphatic heterocycles. The van der Waals surface area contributed by atoms with E-state index in [0.717, 1.165) is 6.42 Å². The molecule has 0 aromatic heterocycles. The van der Waals surface area contributed by atoms with Gasteiger partial charge in [0.25, 0.3) is 5.91 Å². The first kappa shape index (κ1) is 25.5. The van der Waals surface area contributed by atoms with Crippen LogP contribution in [0, 0.1) is 11.8 Å². The van der Waals surface area contributed by atoms with E-state index in [1.807, 2.05) is 43.4 Å². The van der Waals surface area contributed by atoms with Crippen LogP contribution in [-0.2, 0) is 19.1 Å². The second-order valence-corrected chi connectivity index (χ2v) is 10.5. The zero-order valence-corrected chi connectivity index (χ0v) is 21.6. The molecule has 9 heteroatoms. The number of methoxy groups -OCH3 is 1. The van der Waals surface area contributed by atoms with E-state index in [2.05, 4.69) is 0 Å². The van der Waals surface area contributed by atoms with Crippen molar-refractivity contribution in [1.82, 2.24) is 9.80 Å². The third kappa shape index (κ3) is 3.95. The number of fused-ring (bicyclic) bond motifs is 2. The van der Waals surface area contributed by atoms with E-state index < -0.39 is 29.1 Å². The molecule has 5 atom stereocenters. The number of likely N-dealkylation sites (tertiary alicyclic amines) is 1. The molecule has 1 N–H and O–H groups in total. The van der Waals surface area contributed by atoms with Crippen LogP contribution in [0.25, 0.3) is 0 Å². The summed E-state index contributed by atoms with van der Waals surface area (Å²) in [6.45, 7) is 3.03. The molecule has 4 heterocycles. The van der Waals surface area contributed by atoms with Gasteiger partial charge in [-0.05, 0) is 50.5 Å². The second kappa shape index (κ2) is 9.61. The number of hydrogen-bond donors (Lipinski definition) is 1. The maximum atomic E-state index is 14.3. The first-order valence-corrected chi connectivity index (χ1v) is 12.9. The summed E-state index contributed by atoms with van der Waals surface area (Å²) in [7, 11) is 3.32. The summed E-state index contributed by atoms with van der Waals surface area (Å²) in [5, 5.41) is 9.22. The van der Waals surface area contributed by atoms with Gasteiger partial charge in [-0.3, -0.25) is 14.4 Å². The first-order chi connectivity index (χ1) is 17.8. The highest BCUT2D eigenvalue weighted by atomic mass is 16.5. The lowest BCUT2D eigenvalue weighted by molar-refractivity contribution is -0.148. The smallest absolute Gasteiger partial charge is 0.253 e. The van der Waals surface area contributed by atoms with Gasteiger partial charge in [-0.1, -0.05) is 24.3 Å². The van der Waals surface area contributed by atoms with Gasteiger partial charge in [-0.15, -0.1) is 0 Å². The average molecular weight is 510 g/mol. The molecule has 2 fully saturated rings. The molecule has 5 rings (SSSR count). The van der Waals surface area contributed by atoms with Crippen molar-refractivity contribution >= 4 is 23.4 Å². The number of nitrogens with zero attached hydrogens (tertiary/aromatic N) is 3. The second-order valence-electron chi connectivity index (χ2n) is 10.5. The summed E-state index contributed by atoms with van der Waals surface area (Å²) < 4.78 is 12.0. The summed E-state index contributed by atoms with van der Waals surface area (Å²) in [5.74, 6) is -1.48. The number of benzene rings is 1. The minimum absolute atomic E-state index is 0.0769. The van der Waals surface area contributed by atoms with Crippen LogP contribution in [0.15, 0.2) is 48.6 Å². The maximum Gasteiger partial charge on any atom is 0.253 e. The third-order valence-electron chi connectivity index (χ3n) is 8.20. The van der Waals surface area contributed by atoms with Crippen LogP contribution >= 0.6 is 0 Å². The molecule has 1 unspecified atom stereocenters. The number of likely N-dealkylation sites (N-methyl/N-ethyl adjacent to an activating group) is 1.